The Balaban J connectivity index is 1.92. The first-order valence-electron chi connectivity index (χ1n) is 11.9. The van der Waals surface area contributed by atoms with Crippen LogP contribution in [0, 0.1) is 0 Å². The number of allylic oxidation sites excluding steroid dienone is 2. The van der Waals surface area contributed by atoms with Gasteiger partial charge in [0.05, 0.1) is 6.04 Å². The summed E-state index contributed by atoms with van der Waals surface area (Å²) < 4.78 is 0. The minimum absolute atomic E-state index is 0.111. The van der Waals surface area contributed by atoms with Crippen molar-refractivity contribution in [1.29, 1.82) is 0 Å². The van der Waals surface area contributed by atoms with Crippen molar-refractivity contribution in [2.24, 2.45) is 0 Å². The summed E-state index contributed by atoms with van der Waals surface area (Å²) in [4.78, 5) is 2.44. The molecule has 1 aliphatic heterocycles. The van der Waals surface area contributed by atoms with Crippen molar-refractivity contribution in [3.05, 3.63) is 107 Å². The second-order valence-corrected chi connectivity index (χ2v) is 9.41. The number of phenolic OH excluding ortho intramolecular Hbond substituents is 2. The number of hydrogen-bond donors (Lipinski definition) is 2. The fourth-order valence-corrected chi connectivity index (χ4v) is 5.04. The molecule has 0 spiro atoms. The van der Waals surface area contributed by atoms with E-state index in [0.717, 1.165) is 48.2 Å². The van der Waals surface area contributed by atoms with E-state index in [1.165, 1.54) is 6.42 Å². The van der Waals surface area contributed by atoms with Crippen molar-refractivity contribution in [2.75, 3.05) is 13.1 Å². The third-order valence-electron chi connectivity index (χ3n) is 6.55. The molecule has 0 radical (unpaired) electrons. The molecule has 4 heteroatoms. The Bertz CT molecular complexity index is 1160. The van der Waals surface area contributed by atoms with Crippen LogP contribution in [-0.4, -0.2) is 28.2 Å². The van der Waals surface area contributed by atoms with Gasteiger partial charge in [0.25, 0.3) is 0 Å². The van der Waals surface area contributed by atoms with E-state index in [9.17, 15) is 10.2 Å². The van der Waals surface area contributed by atoms with Crippen LogP contribution in [0.4, 0.5) is 0 Å². The lowest BCUT2D eigenvalue weighted by Crippen LogP contribution is -2.34. The monoisotopic (exact) mass is 473 g/mol. The zero-order valence-electron chi connectivity index (χ0n) is 19.5. The first-order chi connectivity index (χ1) is 16.5. The van der Waals surface area contributed by atoms with E-state index in [4.69, 9.17) is 11.6 Å². The van der Waals surface area contributed by atoms with Gasteiger partial charge in [-0.1, -0.05) is 48.4 Å². The van der Waals surface area contributed by atoms with Gasteiger partial charge in [-0.2, -0.15) is 0 Å². The molecular formula is C30H32ClNO2. The molecule has 1 unspecified atom stereocenters. The van der Waals surface area contributed by atoms with Gasteiger partial charge in [0.2, 0.25) is 0 Å². The van der Waals surface area contributed by atoms with Crippen LogP contribution >= 0.6 is 11.6 Å². The standard InChI is InChI=1S/C30H32ClNO2/c1-3-8-21-10-15-28(33)25(18-21)26-19-22(9-4-2)20-27(30(26)34)29(32-16-6-5-7-17-32)23-11-13-24(31)14-12-23/h3-4,10-15,18-20,29,33-34H,1-2,5-9,16-17H2. The number of aromatic hydroxyl groups is 2. The number of piperidine rings is 1. The first kappa shape index (κ1) is 24.1. The SMILES string of the molecule is C=CCc1ccc(O)c(-c2cc(CC=C)cc(C(c3ccc(Cl)cc3)N3CCCCC3)c2O)c1. The van der Waals surface area contributed by atoms with Crippen LogP contribution in [0.1, 0.15) is 47.6 Å². The molecule has 0 aromatic heterocycles. The van der Waals surface area contributed by atoms with Gasteiger partial charge >= 0.3 is 0 Å². The molecule has 176 valence electrons. The Labute approximate surface area is 207 Å². The molecule has 3 aromatic rings. The summed E-state index contributed by atoms with van der Waals surface area (Å²) in [5.74, 6) is 0.343. The number of likely N-dealkylation sites (tertiary alicyclic amines) is 1. The van der Waals surface area contributed by atoms with Crippen LogP contribution in [0.3, 0.4) is 0 Å². The number of halogens is 1. The highest BCUT2D eigenvalue weighted by Gasteiger charge is 2.28. The van der Waals surface area contributed by atoms with Crippen LogP contribution in [0.25, 0.3) is 11.1 Å². The highest BCUT2D eigenvalue weighted by atomic mass is 35.5. The number of benzene rings is 3. The summed E-state index contributed by atoms with van der Waals surface area (Å²) >= 11 is 6.20. The number of nitrogens with zero attached hydrogens (tertiary/aromatic N) is 1. The second kappa shape index (κ2) is 10.9. The Kier molecular flexibility index (Phi) is 7.77. The summed E-state index contributed by atoms with van der Waals surface area (Å²) in [6, 6.07) is 17.3. The largest absolute Gasteiger partial charge is 0.507 e. The van der Waals surface area contributed by atoms with Crippen molar-refractivity contribution in [3.8, 4) is 22.6 Å². The zero-order chi connectivity index (χ0) is 24.1. The van der Waals surface area contributed by atoms with Crippen LogP contribution < -0.4 is 0 Å². The van der Waals surface area contributed by atoms with Gasteiger partial charge in [0.15, 0.2) is 0 Å². The molecule has 34 heavy (non-hydrogen) atoms. The molecule has 1 atom stereocenters. The van der Waals surface area contributed by atoms with Crippen molar-refractivity contribution in [2.45, 2.75) is 38.1 Å². The molecule has 0 saturated carbocycles. The molecule has 1 fully saturated rings. The smallest absolute Gasteiger partial charge is 0.128 e. The third kappa shape index (κ3) is 5.22. The van der Waals surface area contributed by atoms with Crippen LogP contribution in [0.2, 0.25) is 5.02 Å². The predicted octanol–water partition coefficient (Wildman–Crippen LogP) is 7.45. The average Bonchev–Trinajstić information content (AvgIpc) is 2.84. The molecule has 3 aromatic carbocycles. The lowest BCUT2D eigenvalue weighted by Gasteiger charge is -2.36. The van der Waals surface area contributed by atoms with E-state index in [0.29, 0.717) is 29.0 Å². The average molecular weight is 474 g/mol. The minimum Gasteiger partial charge on any atom is -0.507 e. The third-order valence-corrected chi connectivity index (χ3v) is 6.80. The summed E-state index contributed by atoms with van der Waals surface area (Å²) in [5, 5.41) is 23.1. The Morgan fingerprint density at radius 1 is 0.824 bits per heavy atom. The second-order valence-electron chi connectivity index (χ2n) is 8.97. The minimum atomic E-state index is -0.111. The quantitative estimate of drug-likeness (QED) is 0.334. The highest BCUT2D eigenvalue weighted by Crippen LogP contribution is 2.44. The maximum absolute atomic E-state index is 11.7. The molecule has 1 heterocycles. The maximum Gasteiger partial charge on any atom is 0.128 e. The van der Waals surface area contributed by atoms with Gasteiger partial charge in [0, 0.05) is 21.7 Å². The lowest BCUT2D eigenvalue weighted by atomic mass is 9.88. The number of rotatable bonds is 8. The summed E-state index contributed by atoms with van der Waals surface area (Å²) in [6.07, 6.45) is 8.55. The molecule has 1 aliphatic rings. The highest BCUT2D eigenvalue weighted by molar-refractivity contribution is 6.30. The summed E-state index contributed by atoms with van der Waals surface area (Å²) in [6.45, 7) is 9.68. The van der Waals surface area contributed by atoms with Gasteiger partial charge < -0.3 is 10.2 Å². The van der Waals surface area contributed by atoms with Crippen LogP contribution in [0.15, 0.2) is 79.9 Å². The fourth-order valence-electron chi connectivity index (χ4n) is 4.92. The number of hydrogen-bond acceptors (Lipinski definition) is 3. The molecule has 1 saturated heterocycles. The first-order valence-corrected chi connectivity index (χ1v) is 12.3. The van der Waals surface area contributed by atoms with Crippen molar-refractivity contribution < 1.29 is 10.2 Å². The van der Waals surface area contributed by atoms with Gasteiger partial charge in [-0.15, -0.1) is 13.2 Å². The zero-order valence-corrected chi connectivity index (χ0v) is 20.3. The van der Waals surface area contributed by atoms with Crippen molar-refractivity contribution in [3.63, 3.8) is 0 Å². The van der Waals surface area contributed by atoms with E-state index in [1.54, 1.807) is 6.07 Å². The predicted molar refractivity (Wildman–Crippen MR) is 142 cm³/mol. The summed E-state index contributed by atoms with van der Waals surface area (Å²) in [7, 11) is 0. The van der Waals surface area contributed by atoms with E-state index in [2.05, 4.69) is 24.1 Å². The lowest BCUT2D eigenvalue weighted by molar-refractivity contribution is 0.185. The van der Waals surface area contributed by atoms with E-state index < -0.39 is 0 Å². The molecule has 2 N–H and O–H groups in total. The van der Waals surface area contributed by atoms with E-state index >= 15 is 0 Å². The Hall–Kier alpha value is -3.01. The van der Waals surface area contributed by atoms with Gasteiger partial charge in [0.1, 0.15) is 11.5 Å². The normalized spacial score (nSPS) is 15.1. The Morgan fingerprint density at radius 2 is 1.47 bits per heavy atom. The molecule has 0 aliphatic carbocycles. The van der Waals surface area contributed by atoms with Crippen LogP contribution in [0.5, 0.6) is 11.5 Å². The van der Waals surface area contributed by atoms with Gasteiger partial charge in [-0.3, -0.25) is 4.90 Å². The van der Waals surface area contributed by atoms with Crippen molar-refractivity contribution >= 4 is 11.6 Å². The molecular weight excluding hydrogens is 442 g/mol. The topological polar surface area (TPSA) is 43.7 Å². The van der Waals surface area contributed by atoms with E-state index in [-0.39, 0.29) is 17.5 Å². The molecule has 3 nitrogen and oxygen atoms in total. The molecule has 0 amide bonds. The number of phenols is 2. The fraction of sp³-hybridized carbons (Fsp3) is 0.267. The van der Waals surface area contributed by atoms with Gasteiger partial charge in [-0.05, 0) is 91.9 Å². The van der Waals surface area contributed by atoms with Gasteiger partial charge in [-0.25, -0.2) is 0 Å². The summed E-state index contributed by atoms with van der Waals surface area (Å²) in [5.41, 5.74) is 5.26. The van der Waals surface area contributed by atoms with Crippen molar-refractivity contribution in [1.82, 2.24) is 4.90 Å². The maximum atomic E-state index is 11.7. The molecule has 4 rings (SSSR count). The molecule has 0 bridgehead atoms. The Morgan fingerprint density at radius 3 is 2.15 bits per heavy atom. The van der Waals surface area contributed by atoms with E-state index in [1.807, 2.05) is 54.6 Å². The van der Waals surface area contributed by atoms with Crippen LogP contribution in [-0.2, 0) is 12.8 Å².